The number of aromatic nitrogens is 2. The second-order valence-electron chi connectivity index (χ2n) is 6.09. The molecule has 0 atom stereocenters. The molecular formula is C20H22N6O. The van der Waals surface area contributed by atoms with Gasteiger partial charge in [0.15, 0.2) is 11.6 Å². The Morgan fingerprint density at radius 1 is 1.00 bits per heavy atom. The predicted molar refractivity (Wildman–Crippen MR) is 107 cm³/mol. The van der Waals surface area contributed by atoms with Gasteiger partial charge < -0.3 is 11.1 Å². The van der Waals surface area contributed by atoms with Crippen molar-refractivity contribution in [2.24, 2.45) is 0 Å². The molecule has 2 aromatic carbocycles. The van der Waals surface area contributed by atoms with E-state index in [1.165, 1.54) is 11.9 Å². The molecule has 0 saturated heterocycles. The van der Waals surface area contributed by atoms with Crippen molar-refractivity contribution in [3.63, 3.8) is 0 Å². The summed E-state index contributed by atoms with van der Waals surface area (Å²) in [4.78, 5) is 20.4. The monoisotopic (exact) mass is 362 g/mol. The molecule has 0 aliphatic heterocycles. The number of nitrogens with zero attached hydrogens (tertiary/aromatic N) is 2. The van der Waals surface area contributed by atoms with Crippen LogP contribution in [0.1, 0.15) is 21.5 Å². The fourth-order valence-corrected chi connectivity index (χ4v) is 2.50. The summed E-state index contributed by atoms with van der Waals surface area (Å²) in [6, 6.07) is 17.4. The first kappa shape index (κ1) is 18.2. The van der Waals surface area contributed by atoms with Crippen LogP contribution in [0.15, 0.2) is 60.9 Å². The highest BCUT2D eigenvalue weighted by molar-refractivity contribution is 5.95. The summed E-state index contributed by atoms with van der Waals surface area (Å²) in [6.45, 7) is 2.65. The highest BCUT2D eigenvalue weighted by atomic mass is 16.2. The molecule has 1 heterocycles. The second kappa shape index (κ2) is 8.66. The zero-order valence-electron chi connectivity index (χ0n) is 15.1. The van der Waals surface area contributed by atoms with Crippen LogP contribution in [0.25, 0.3) is 0 Å². The van der Waals surface area contributed by atoms with Crippen LogP contribution in [0, 0.1) is 6.92 Å². The summed E-state index contributed by atoms with van der Waals surface area (Å²) in [5.41, 5.74) is 14.7. The van der Waals surface area contributed by atoms with Crippen LogP contribution in [0.3, 0.4) is 0 Å². The number of nitrogens with one attached hydrogen (secondary N) is 3. The van der Waals surface area contributed by atoms with Gasteiger partial charge in [-0.3, -0.25) is 15.6 Å². The molecule has 7 nitrogen and oxygen atoms in total. The Morgan fingerprint density at radius 2 is 1.70 bits per heavy atom. The summed E-state index contributed by atoms with van der Waals surface area (Å²) < 4.78 is 0. The third-order valence-corrected chi connectivity index (χ3v) is 4.04. The maximum Gasteiger partial charge on any atom is 0.269 e. The average molecular weight is 362 g/mol. The van der Waals surface area contributed by atoms with Crippen LogP contribution in [0.4, 0.5) is 17.3 Å². The summed E-state index contributed by atoms with van der Waals surface area (Å²) >= 11 is 0. The molecule has 0 bridgehead atoms. The first-order chi connectivity index (χ1) is 13.1. The molecule has 0 aliphatic rings. The molecule has 1 amide bonds. The van der Waals surface area contributed by atoms with Gasteiger partial charge in [-0.05, 0) is 31.0 Å². The number of benzene rings is 2. The van der Waals surface area contributed by atoms with E-state index in [2.05, 4.69) is 38.3 Å². The van der Waals surface area contributed by atoms with E-state index in [1.54, 1.807) is 12.1 Å². The van der Waals surface area contributed by atoms with Crippen molar-refractivity contribution in [2.75, 3.05) is 23.0 Å². The maximum absolute atomic E-state index is 12.2. The fourth-order valence-electron chi connectivity index (χ4n) is 2.50. The molecule has 0 radical (unpaired) electrons. The molecule has 5 N–H and O–H groups in total. The molecule has 3 rings (SSSR count). The largest absolute Gasteiger partial charge is 0.393 e. The number of amides is 1. The Morgan fingerprint density at radius 3 is 2.44 bits per heavy atom. The predicted octanol–water partition coefficient (Wildman–Crippen LogP) is 2.78. The topological polar surface area (TPSA) is 105 Å². The molecule has 7 heteroatoms. The smallest absolute Gasteiger partial charge is 0.269 e. The van der Waals surface area contributed by atoms with Crippen molar-refractivity contribution in [1.29, 1.82) is 0 Å². The molecular weight excluding hydrogens is 340 g/mol. The molecule has 3 aromatic rings. The molecule has 138 valence electrons. The van der Waals surface area contributed by atoms with Crippen molar-refractivity contribution in [3.8, 4) is 0 Å². The number of anilines is 3. The Hall–Kier alpha value is -3.61. The summed E-state index contributed by atoms with van der Waals surface area (Å²) in [5, 5.41) is 3.20. The first-order valence-corrected chi connectivity index (χ1v) is 8.65. The molecule has 0 aliphatic carbocycles. The van der Waals surface area contributed by atoms with Gasteiger partial charge >= 0.3 is 0 Å². The number of carbonyl (C=O) groups excluding carboxylic acids is 1. The summed E-state index contributed by atoms with van der Waals surface area (Å²) in [6.07, 6.45) is 2.23. The number of hydrazine groups is 1. The number of aryl methyl sites for hydroxylation is 1. The van der Waals surface area contributed by atoms with Gasteiger partial charge in [0.1, 0.15) is 12.0 Å². The van der Waals surface area contributed by atoms with Crippen LogP contribution in [0.5, 0.6) is 0 Å². The lowest BCUT2D eigenvalue weighted by molar-refractivity contribution is 0.0962. The Labute approximate surface area is 158 Å². The lowest BCUT2D eigenvalue weighted by atomic mass is 10.1. The van der Waals surface area contributed by atoms with E-state index < -0.39 is 0 Å². The summed E-state index contributed by atoms with van der Waals surface area (Å²) in [7, 11) is 0. The van der Waals surface area contributed by atoms with Crippen molar-refractivity contribution in [1.82, 2.24) is 15.4 Å². The van der Waals surface area contributed by atoms with Crippen LogP contribution < -0.4 is 21.9 Å². The number of rotatable bonds is 7. The van der Waals surface area contributed by atoms with E-state index in [0.717, 1.165) is 12.0 Å². The quantitative estimate of drug-likeness (QED) is 0.482. The fraction of sp³-hybridized carbons (Fsp3) is 0.150. The molecule has 1 aromatic heterocycles. The number of nitrogen functional groups attached to an aromatic ring is 1. The molecule has 0 saturated carbocycles. The normalized spacial score (nSPS) is 10.3. The van der Waals surface area contributed by atoms with Gasteiger partial charge in [0.05, 0.1) is 0 Å². The van der Waals surface area contributed by atoms with Crippen LogP contribution in [-0.4, -0.2) is 22.4 Å². The summed E-state index contributed by atoms with van der Waals surface area (Å²) in [5.74, 6) is 0.590. The molecule has 27 heavy (non-hydrogen) atoms. The van der Waals surface area contributed by atoms with E-state index >= 15 is 0 Å². The van der Waals surface area contributed by atoms with Gasteiger partial charge in [0.25, 0.3) is 5.91 Å². The van der Waals surface area contributed by atoms with Crippen molar-refractivity contribution in [2.45, 2.75) is 13.3 Å². The maximum atomic E-state index is 12.2. The standard InChI is InChI=1S/C20H22N6O/c1-14-7-9-16(10-8-14)20(27)26-25-19-17(21)18(23-13-24-19)22-12-11-15-5-3-2-4-6-15/h2-10,13H,11-12,21H2,1H3,(H,26,27)(H2,22,23,24,25). The Bertz CT molecular complexity index is 896. The van der Waals surface area contributed by atoms with Gasteiger partial charge in [-0.1, -0.05) is 48.0 Å². The number of hydrogen-bond donors (Lipinski definition) is 4. The van der Waals surface area contributed by atoms with Gasteiger partial charge in [0.2, 0.25) is 0 Å². The highest BCUT2D eigenvalue weighted by Crippen LogP contribution is 2.21. The van der Waals surface area contributed by atoms with E-state index in [-0.39, 0.29) is 5.91 Å². The first-order valence-electron chi connectivity index (χ1n) is 8.65. The van der Waals surface area contributed by atoms with Gasteiger partial charge in [-0.25, -0.2) is 9.97 Å². The number of carbonyl (C=O) groups is 1. The Kier molecular flexibility index (Phi) is 5.84. The second-order valence-corrected chi connectivity index (χ2v) is 6.09. The third-order valence-electron chi connectivity index (χ3n) is 4.04. The van der Waals surface area contributed by atoms with E-state index in [9.17, 15) is 4.79 Å². The molecule has 0 fully saturated rings. The lowest BCUT2D eigenvalue weighted by Gasteiger charge is -2.13. The van der Waals surface area contributed by atoms with Gasteiger partial charge in [-0.15, -0.1) is 0 Å². The number of hydrogen-bond acceptors (Lipinski definition) is 6. The lowest BCUT2D eigenvalue weighted by Crippen LogP contribution is -2.30. The SMILES string of the molecule is Cc1ccc(C(=O)NNc2ncnc(NCCc3ccccc3)c2N)cc1. The van der Waals surface area contributed by atoms with E-state index in [1.807, 2.05) is 37.3 Å². The zero-order chi connectivity index (χ0) is 19.1. The van der Waals surface area contributed by atoms with Crippen molar-refractivity contribution < 1.29 is 4.79 Å². The third kappa shape index (κ3) is 4.94. The Balaban J connectivity index is 1.57. The van der Waals surface area contributed by atoms with Gasteiger partial charge in [-0.2, -0.15) is 0 Å². The minimum absolute atomic E-state index is 0.272. The van der Waals surface area contributed by atoms with Gasteiger partial charge in [0, 0.05) is 12.1 Å². The van der Waals surface area contributed by atoms with E-state index in [4.69, 9.17) is 5.73 Å². The number of nitrogens with two attached hydrogens (primary N) is 1. The molecule has 0 unspecified atom stereocenters. The van der Waals surface area contributed by atoms with Crippen LogP contribution >= 0.6 is 0 Å². The molecule has 0 spiro atoms. The minimum atomic E-state index is -0.272. The zero-order valence-corrected chi connectivity index (χ0v) is 15.1. The van der Waals surface area contributed by atoms with Crippen molar-refractivity contribution >= 4 is 23.2 Å². The van der Waals surface area contributed by atoms with Crippen molar-refractivity contribution in [3.05, 3.63) is 77.6 Å². The van der Waals surface area contributed by atoms with E-state index in [0.29, 0.717) is 29.4 Å². The minimum Gasteiger partial charge on any atom is -0.393 e. The highest BCUT2D eigenvalue weighted by Gasteiger charge is 2.10. The average Bonchev–Trinajstić information content (AvgIpc) is 2.69. The van der Waals surface area contributed by atoms with Crippen LogP contribution in [-0.2, 0) is 6.42 Å². The van der Waals surface area contributed by atoms with Crippen LogP contribution in [0.2, 0.25) is 0 Å².